The number of nitrogens with two attached hydrogens (primary N) is 1. The van der Waals surface area contributed by atoms with Crippen LogP contribution < -0.4 is 5.73 Å². The van der Waals surface area contributed by atoms with Crippen LogP contribution in [0.4, 0.5) is 0 Å². The Hall–Kier alpha value is -1.79. The summed E-state index contributed by atoms with van der Waals surface area (Å²) in [6.07, 6.45) is 4.37. The van der Waals surface area contributed by atoms with E-state index in [2.05, 4.69) is 16.1 Å². The van der Waals surface area contributed by atoms with Crippen molar-refractivity contribution in [2.75, 3.05) is 25.1 Å². The summed E-state index contributed by atoms with van der Waals surface area (Å²) in [5.41, 5.74) is 9.16. The maximum absolute atomic E-state index is 11.1. The zero-order valence-corrected chi connectivity index (χ0v) is 14.2. The smallest absolute Gasteiger partial charge is 0.248 e. The SMILES string of the molecule is CSCCCN1CCc2nc(-c3ccc(C(N)=O)cc3)[nH]c2C1. The van der Waals surface area contributed by atoms with Gasteiger partial charge in [0.15, 0.2) is 0 Å². The molecular weight excluding hydrogens is 308 g/mol. The number of nitrogens with zero attached hydrogens (tertiary/aromatic N) is 2. The molecule has 23 heavy (non-hydrogen) atoms. The summed E-state index contributed by atoms with van der Waals surface area (Å²) < 4.78 is 0. The molecule has 122 valence electrons. The number of carbonyl (C=O) groups is 1. The van der Waals surface area contributed by atoms with Crippen molar-refractivity contribution < 1.29 is 4.79 Å². The average Bonchev–Trinajstić information content (AvgIpc) is 2.98. The highest BCUT2D eigenvalue weighted by Crippen LogP contribution is 2.23. The molecule has 0 aliphatic carbocycles. The minimum Gasteiger partial charge on any atom is -0.366 e. The quantitative estimate of drug-likeness (QED) is 0.797. The van der Waals surface area contributed by atoms with Gasteiger partial charge >= 0.3 is 0 Å². The van der Waals surface area contributed by atoms with E-state index >= 15 is 0 Å². The topological polar surface area (TPSA) is 75.0 Å². The van der Waals surface area contributed by atoms with Gasteiger partial charge in [-0.05, 0) is 37.1 Å². The highest BCUT2D eigenvalue weighted by atomic mass is 32.2. The van der Waals surface area contributed by atoms with Crippen molar-refractivity contribution in [1.29, 1.82) is 0 Å². The molecule has 0 spiro atoms. The van der Waals surface area contributed by atoms with E-state index in [0.717, 1.165) is 37.4 Å². The molecule has 1 aliphatic heterocycles. The third-order valence-electron chi connectivity index (χ3n) is 4.18. The molecule has 0 radical (unpaired) electrons. The minimum atomic E-state index is -0.406. The molecular formula is C17H22N4OS. The Labute approximate surface area is 140 Å². The molecule has 0 bridgehead atoms. The van der Waals surface area contributed by atoms with Crippen LogP contribution in [-0.2, 0) is 13.0 Å². The molecule has 2 heterocycles. The third kappa shape index (κ3) is 3.76. The first kappa shape index (κ1) is 16.1. The summed E-state index contributed by atoms with van der Waals surface area (Å²) in [6.45, 7) is 3.16. The maximum atomic E-state index is 11.1. The molecule has 6 heteroatoms. The molecule has 3 N–H and O–H groups in total. The summed E-state index contributed by atoms with van der Waals surface area (Å²) in [7, 11) is 0. The van der Waals surface area contributed by atoms with Gasteiger partial charge in [0.25, 0.3) is 0 Å². The van der Waals surface area contributed by atoms with Crippen LogP contribution >= 0.6 is 11.8 Å². The zero-order chi connectivity index (χ0) is 16.2. The summed E-state index contributed by atoms with van der Waals surface area (Å²) in [6, 6.07) is 7.27. The number of rotatable bonds is 6. The van der Waals surface area contributed by atoms with Crippen molar-refractivity contribution in [3.63, 3.8) is 0 Å². The molecule has 0 saturated heterocycles. The van der Waals surface area contributed by atoms with Gasteiger partial charge in [0.05, 0.1) is 11.4 Å². The van der Waals surface area contributed by atoms with Gasteiger partial charge in [0.2, 0.25) is 5.91 Å². The molecule has 5 nitrogen and oxygen atoms in total. The van der Waals surface area contributed by atoms with Gasteiger partial charge in [-0.15, -0.1) is 0 Å². The standard InChI is InChI=1S/C17H22N4OS/c1-23-10-2-8-21-9-7-14-15(11-21)20-17(19-14)13-5-3-12(4-6-13)16(18)22/h3-6H,2,7-11H2,1H3,(H2,18,22)(H,19,20). The molecule has 1 aliphatic rings. The van der Waals surface area contributed by atoms with E-state index in [9.17, 15) is 4.79 Å². The number of primary amides is 1. The number of thioether (sulfide) groups is 1. The highest BCUT2D eigenvalue weighted by Gasteiger charge is 2.20. The third-order valence-corrected chi connectivity index (χ3v) is 4.87. The Balaban J connectivity index is 1.71. The zero-order valence-electron chi connectivity index (χ0n) is 13.3. The molecule has 2 aromatic rings. The van der Waals surface area contributed by atoms with Crippen LogP contribution in [0.1, 0.15) is 28.2 Å². The van der Waals surface area contributed by atoms with Gasteiger partial charge in [0, 0.05) is 30.6 Å². The van der Waals surface area contributed by atoms with Crippen molar-refractivity contribution in [3.05, 3.63) is 41.2 Å². The average molecular weight is 330 g/mol. The van der Waals surface area contributed by atoms with E-state index in [0.29, 0.717) is 5.56 Å². The predicted molar refractivity (Wildman–Crippen MR) is 94.5 cm³/mol. The number of carbonyl (C=O) groups excluding carboxylic acids is 1. The Bertz CT molecular complexity index is 680. The number of fused-ring (bicyclic) bond motifs is 1. The van der Waals surface area contributed by atoms with Gasteiger partial charge in [-0.2, -0.15) is 11.8 Å². The normalized spacial score (nSPS) is 14.7. The predicted octanol–water partition coefficient (Wildman–Crippen LogP) is 2.29. The fourth-order valence-corrected chi connectivity index (χ4v) is 3.32. The van der Waals surface area contributed by atoms with Gasteiger partial charge in [-0.1, -0.05) is 12.1 Å². The number of nitrogens with one attached hydrogen (secondary N) is 1. The van der Waals surface area contributed by atoms with Crippen molar-refractivity contribution in [3.8, 4) is 11.4 Å². The molecule has 1 aromatic heterocycles. The lowest BCUT2D eigenvalue weighted by atomic mass is 10.1. The van der Waals surface area contributed by atoms with Crippen LogP contribution in [0.25, 0.3) is 11.4 Å². The molecule has 0 atom stereocenters. The number of hydrogen-bond donors (Lipinski definition) is 2. The fourth-order valence-electron chi connectivity index (χ4n) is 2.90. The summed E-state index contributed by atoms with van der Waals surface area (Å²) in [5.74, 6) is 1.68. The van der Waals surface area contributed by atoms with Crippen LogP contribution in [0.3, 0.4) is 0 Å². The van der Waals surface area contributed by atoms with Crippen molar-refractivity contribution in [2.24, 2.45) is 5.73 Å². The first-order valence-corrected chi connectivity index (χ1v) is 9.26. The Morgan fingerprint density at radius 3 is 2.87 bits per heavy atom. The van der Waals surface area contributed by atoms with Gasteiger partial charge < -0.3 is 10.7 Å². The van der Waals surface area contributed by atoms with Crippen LogP contribution in [-0.4, -0.2) is 45.9 Å². The largest absolute Gasteiger partial charge is 0.366 e. The van der Waals surface area contributed by atoms with Crippen LogP contribution in [0.5, 0.6) is 0 Å². The lowest BCUT2D eigenvalue weighted by Gasteiger charge is -2.25. The van der Waals surface area contributed by atoms with Gasteiger partial charge in [-0.3, -0.25) is 9.69 Å². The summed E-state index contributed by atoms with van der Waals surface area (Å²) in [4.78, 5) is 21.8. The molecule has 0 saturated carbocycles. The number of aromatic amines is 1. The number of benzene rings is 1. The number of amides is 1. The maximum Gasteiger partial charge on any atom is 0.248 e. The van der Waals surface area contributed by atoms with Crippen LogP contribution in [0.15, 0.2) is 24.3 Å². The minimum absolute atomic E-state index is 0.406. The first-order chi connectivity index (χ1) is 11.2. The number of aromatic nitrogens is 2. The number of imidazole rings is 1. The molecule has 0 fully saturated rings. The summed E-state index contributed by atoms with van der Waals surface area (Å²) >= 11 is 1.90. The van der Waals surface area contributed by atoms with E-state index < -0.39 is 5.91 Å². The second-order valence-electron chi connectivity index (χ2n) is 5.82. The second-order valence-corrected chi connectivity index (χ2v) is 6.81. The van der Waals surface area contributed by atoms with E-state index in [1.54, 1.807) is 12.1 Å². The molecule has 1 amide bonds. The lowest BCUT2D eigenvalue weighted by Crippen LogP contribution is -2.31. The molecule has 1 aromatic carbocycles. The number of hydrogen-bond acceptors (Lipinski definition) is 4. The van der Waals surface area contributed by atoms with Crippen LogP contribution in [0, 0.1) is 0 Å². The number of H-pyrrole nitrogens is 1. The van der Waals surface area contributed by atoms with Crippen molar-refractivity contribution >= 4 is 17.7 Å². The van der Waals surface area contributed by atoms with E-state index in [-0.39, 0.29) is 0 Å². The summed E-state index contributed by atoms with van der Waals surface area (Å²) in [5, 5.41) is 0. The van der Waals surface area contributed by atoms with Gasteiger partial charge in [0.1, 0.15) is 5.82 Å². The highest BCUT2D eigenvalue weighted by molar-refractivity contribution is 7.98. The Morgan fingerprint density at radius 2 is 2.17 bits per heavy atom. The first-order valence-electron chi connectivity index (χ1n) is 7.86. The Kier molecular flexibility index (Phi) is 5.03. The van der Waals surface area contributed by atoms with Crippen molar-refractivity contribution in [2.45, 2.75) is 19.4 Å². The van der Waals surface area contributed by atoms with E-state index in [1.165, 1.54) is 23.6 Å². The Morgan fingerprint density at radius 1 is 1.39 bits per heavy atom. The fraction of sp³-hybridized carbons (Fsp3) is 0.412. The monoisotopic (exact) mass is 330 g/mol. The van der Waals surface area contributed by atoms with Crippen LogP contribution in [0.2, 0.25) is 0 Å². The van der Waals surface area contributed by atoms with E-state index in [1.807, 2.05) is 23.9 Å². The second kappa shape index (κ2) is 7.19. The lowest BCUT2D eigenvalue weighted by molar-refractivity contribution is 0.100. The molecule has 0 unspecified atom stereocenters. The van der Waals surface area contributed by atoms with Crippen molar-refractivity contribution in [1.82, 2.24) is 14.9 Å². The van der Waals surface area contributed by atoms with E-state index in [4.69, 9.17) is 10.7 Å². The molecule has 3 rings (SSSR count). The van der Waals surface area contributed by atoms with Gasteiger partial charge in [-0.25, -0.2) is 4.98 Å².